The van der Waals surface area contributed by atoms with Crippen LogP contribution in [-0.4, -0.2) is 25.2 Å². The van der Waals surface area contributed by atoms with Gasteiger partial charge in [0.05, 0.1) is 17.3 Å². The molecule has 140 valence electrons. The smallest absolute Gasteiger partial charge is 0.263 e. The van der Waals surface area contributed by atoms with Gasteiger partial charge in [-0.2, -0.15) is 0 Å². The molecule has 2 aromatic carbocycles. The van der Waals surface area contributed by atoms with Gasteiger partial charge < -0.3 is 4.74 Å². The summed E-state index contributed by atoms with van der Waals surface area (Å²) in [6.45, 7) is 2.36. The van der Waals surface area contributed by atoms with Crippen LogP contribution < -0.4 is 9.46 Å². The molecule has 0 bridgehead atoms. The third-order valence-electron chi connectivity index (χ3n) is 3.53. The van der Waals surface area contributed by atoms with Crippen LogP contribution >= 0.6 is 23.2 Å². The number of sulfonamides is 1. The molecule has 3 aromatic rings. The van der Waals surface area contributed by atoms with Crippen LogP contribution in [0.4, 0.5) is 5.69 Å². The normalized spacial score (nSPS) is 11.2. The van der Waals surface area contributed by atoms with E-state index in [0.29, 0.717) is 29.4 Å². The lowest BCUT2D eigenvalue weighted by atomic mass is 10.1. The minimum atomic E-state index is -3.90. The summed E-state index contributed by atoms with van der Waals surface area (Å²) in [5.41, 5.74) is 1.64. The van der Waals surface area contributed by atoms with Gasteiger partial charge in [-0.3, -0.25) is 4.72 Å². The number of anilines is 1. The molecular formula is C18H15Cl2N3O3S. The number of hydrogen-bond acceptors (Lipinski definition) is 5. The number of benzene rings is 2. The van der Waals surface area contributed by atoms with Gasteiger partial charge >= 0.3 is 0 Å². The second-order valence-corrected chi connectivity index (χ2v) is 7.95. The lowest BCUT2D eigenvalue weighted by Gasteiger charge is -2.11. The number of nitrogens with zero attached hydrogens (tertiary/aromatic N) is 2. The molecule has 1 aromatic heterocycles. The Morgan fingerprint density at radius 3 is 2.56 bits per heavy atom. The van der Waals surface area contributed by atoms with Crippen molar-refractivity contribution in [2.24, 2.45) is 0 Å². The summed E-state index contributed by atoms with van der Waals surface area (Å²) in [7, 11) is -3.90. The van der Waals surface area contributed by atoms with Crippen LogP contribution in [0.15, 0.2) is 59.5 Å². The Hall–Kier alpha value is -2.35. The second kappa shape index (κ2) is 8.12. The van der Waals surface area contributed by atoms with E-state index >= 15 is 0 Å². The molecule has 27 heavy (non-hydrogen) atoms. The summed E-state index contributed by atoms with van der Waals surface area (Å²) in [5.74, 6) is 0.425. The van der Waals surface area contributed by atoms with Gasteiger partial charge in [-0.1, -0.05) is 35.3 Å². The van der Waals surface area contributed by atoms with Crippen molar-refractivity contribution >= 4 is 38.9 Å². The predicted molar refractivity (Wildman–Crippen MR) is 106 cm³/mol. The molecule has 1 heterocycles. The van der Waals surface area contributed by atoms with Crippen molar-refractivity contribution in [2.45, 2.75) is 11.8 Å². The standard InChI is InChI=1S/C18H15Cl2N3O3S/c1-2-26-18-9-8-16(21-22-18)12-4-3-5-14(10-12)23-27(24,25)17-11-13(19)6-7-15(17)20/h3-11,23H,2H2,1H3. The van der Waals surface area contributed by atoms with Gasteiger partial charge in [0.2, 0.25) is 5.88 Å². The van der Waals surface area contributed by atoms with Crippen molar-refractivity contribution in [2.75, 3.05) is 11.3 Å². The lowest BCUT2D eigenvalue weighted by Crippen LogP contribution is -2.13. The summed E-state index contributed by atoms with van der Waals surface area (Å²) in [4.78, 5) is -0.0945. The summed E-state index contributed by atoms with van der Waals surface area (Å²) in [6, 6.07) is 14.5. The predicted octanol–water partition coefficient (Wildman–Crippen LogP) is 4.65. The van der Waals surface area contributed by atoms with Crippen molar-refractivity contribution in [3.05, 3.63) is 64.6 Å². The molecule has 9 heteroatoms. The molecule has 0 unspecified atom stereocenters. The zero-order chi connectivity index (χ0) is 19.4. The van der Waals surface area contributed by atoms with Crippen molar-refractivity contribution in [1.82, 2.24) is 10.2 Å². The molecule has 0 atom stereocenters. The highest BCUT2D eigenvalue weighted by atomic mass is 35.5. The number of halogens is 2. The molecular weight excluding hydrogens is 409 g/mol. The first-order chi connectivity index (χ1) is 12.9. The zero-order valence-electron chi connectivity index (χ0n) is 14.2. The van der Waals surface area contributed by atoms with Crippen LogP contribution in [-0.2, 0) is 10.0 Å². The Morgan fingerprint density at radius 2 is 1.85 bits per heavy atom. The highest BCUT2D eigenvalue weighted by molar-refractivity contribution is 7.92. The van der Waals surface area contributed by atoms with E-state index in [4.69, 9.17) is 27.9 Å². The summed E-state index contributed by atoms with van der Waals surface area (Å²) >= 11 is 11.9. The first kappa shape index (κ1) is 19.4. The Morgan fingerprint density at radius 1 is 1.04 bits per heavy atom. The van der Waals surface area contributed by atoms with E-state index in [1.54, 1.807) is 36.4 Å². The number of nitrogens with one attached hydrogen (secondary N) is 1. The maximum absolute atomic E-state index is 12.6. The molecule has 0 spiro atoms. The number of ether oxygens (including phenoxy) is 1. The fourth-order valence-electron chi connectivity index (χ4n) is 2.33. The van der Waals surface area contributed by atoms with Crippen molar-refractivity contribution < 1.29 is 13.2 Å². The molecule has 0 radical (unpaired) electrons. The van der Waals surface area contributed by atoms with E-state index in [2.05, 4.69) is 14.9 Å². The van der Waals surface area contributed by atoms with Crippen LogP contribution in [0.25, 0.3) is 11.3 Å². The maximum atomic E-state index is 12.6. The fraction of sp³-hybridized carbons (Fsp3) is 0.111. The summed E-state index contributed by atoms with van der Waals surface area (Å²) in [6.07, 6.45) is 0. The molecule has 0 aliphatic heterocycles. The van der Waals surface area contributed by atoms with E-state index < -0.39 is 10.0 Å². The van der Waals surface area contributed by atoms with Gasteiger partial charge in [-0.25, -0.2) is 8.42 Å². The monoisotopic (exact) mass is 423 g/mol. The van der Waals surface area contributed by atoms with Gasteiger partial charge in [-0.05, 0) is 43.3 Å². The zero-order valence-corrected chi connectivity index (χ0v) is 16.5. The van der Waals surface area contributed by atoms with E-state index in [0.717, 1.165) is 0 Å². The number of aromatic nitrogens is 2. The number of rotatable bonds is 6. The molecule has 0 fully saturated rings. The molecule has 0 saturated carbocycles. The van der Waals surface area contributed by atoms with E-state index in [-0.39, 0.29) is 14.9 Å². The van der Waals surface area contributed by atoms with Crippen LogP contribution in [0.5, 0.6) is 5.88 Å². The van der Waals surface area contributed by atoms with Crippen LogP contribution in [0.2, 0.25) is 10.0 Å². The average Bonchev–Trinajstić information content (AvgIpc) is 2.64. The first-order valence-corrected chi connectivity index (χ1v) is 10.2. The van der Waals surface area contributed by atoms with E-state index in [1.165, 1.54) is 18.2 Å². The maximum Gasteiger partial charge on any atom is 0.263 e. The van der Waals surface area contributed by atoms with Gasteiger partial charge in [-0.15, -0.1) is 10.2 Å². The fourth-order valence-corrected chi connectivity index (χ4v) is 4.15. The third-order valence-corrected chi connectivity index (χ3v) is 5.62. The molecule has 0 saturated heterocycles. The van der Waals surface area contributed by atoms with Gasteiger partial charge in [0.25, 0.3) is 10.0 Å². The Kier molecular flexibility index (Phi) is 5.84. The quantitative estimate of drug-likeness (QED) is 0.623. The summed E-state index contributed by atoms with van der Waals surface area (Å²) in [5, 5.41) is 8.43. The van der Waals surface area contributed by atoms with E-state index in [9.17, 15) is 8.42 Å². The largest absolute Gasteiger partial charge is 0.477 e. The molecule has 6 nitrogen and oxygen atoms in total. The van der Waals surface area contributed by atoms with Crippen molar-refractivity contribution in [1.29, 1.82) is 0 Å². The Bertz CT molecular complexity index is 1060. The average molecular weight is 424 g/mol. The molecule has 3 rings (SSSR count). The van der Waals surface area contributed by atoms with E-state index in [1.807, 2.05) is 6.92 Å². The van der Waals surface area contributed by atoms with Crippen molar-refractivity contribution in [3.63, 3.8) is 0 Å². The minimum absolute atomic E-state index is 0.0837. The van der Waals surface area contributed by atoms with Crippen LogP contribution in [0.3, 0.4) is 0 Å². The molecule has 0 aliphatic carbocycles. The lowest BCUT2D eigenvalue weighted by molar-refractivity contribution is 0.323. The van der Waals surface area contributed by atoms with Crippen LogP contribution in [0.1, 0.15) is 6.92 Å². The third kappa shape index (κ3) is 4.68. The minimum Gasteiger partial charge on any atom is -0.477 e. The second-order valence-electron chi connectivity index (χ2n) is 5.45. The Labute approximate surface area is 167 Å². The number of hydrogen-bond donors (Lipinski definition) is 1. The molecule has 1 N–H and O–H groups in total. The van der Waals surface area contributed by atoms with Crippen LogP contribution in [0, 0.1) is 0 Å². The highest BCUT2D eigenvalue weighted by Crippen LogP contribution is 2.28. The Balaban J connectivity index is 1.88. The van der Waals surface area contributed by atoms with Gasteiger partial charge in [0.15, 0.2) is 0 Å². The van der Waals surface area contributed by atoms with Crippen molar-refractivity contribution in [3.8, 4) is 17.1 Å². The van der Waals surface area contributed by atoms with Gasteiger partial charge in [0.1, 0.15) is 4.90 Å². The SMILES string of the molecule is CCOc1ccc(-c2cccc(NS(=O)(=O)c3cc(Cl)ccc3Cl)c2)nn1. The molecule has 0 aliphatic rings. The first-order valence-electron chi connectivity index (χ1n) is 7.94. The summed E-state index contributed by atoms with van der Waals surface area (Å²) < 4.78 is 33.0. The topological polar surface area (TPSA) is 81.2 Å². The highest BCUT2D eigenvalue weighted by Gasteiger charge is 2.19. The van der Waals surface area contributed by atoms with Gasteiger partial charge in [0, 0.05) is 22.3 Å². The molecule has 0 amide bonds.